The lowest BCUT2D eigenvalue weighted by Crippen LogP contribution is -2.15. The van der Waals surface area contributed by atoms with Crippen molar-refractivity contribution in [2.24, 2.45) is 0 Å². The van der Waals surface area contributed by atoms with Gasteiger partial charge < -0.3 is 5.11 Å². The van der Waals surface area contributed by atoms with E-state index in [1.165, 1.54) is 12.3 Å². The number of benzene rings is 1. The molecular weight excluding hydrogens is 276 g/mol. The van der Waals surface area contributed by atoms with Crippen LogP contribution in [0.15, 0.2) is 41.6 Å². The maximum Gasteiger partial charge on any atom is 0.262 e. The van der Waals surface area contributed by atoms with E-state index in [1.807, 2.05) is 0 Å². The molecular formula is C14H16N2O3S. The fourth-order valence-corrected chi connectivity index (χ4v) is 3.21. The predicted octanol–water partition coefficient (Wildman–Crippen LogP) is 1.99. The third-order valence-electron chi connectivity index (χ3n) is 3.01. The molecule has 106 valence electrons. The second-order valence-corrected chi connectivity index (χ2v) is 6.20. The zero-order chi connectivity index (χ0) is 14.8. The molecule has 0 spiro atoms. The SMILES string of the molecule is Cc1ccncc1NS(=O)(=O)c1cc(CO)ccc1C. The second kappa shape index (κ2) is 5.60. The number of nitrogens with one attached hydrogen (secondary N) is 1. The molecule has 0 amide bonds. The summed E-state index contributed by atoms with van der Waals surface area (Å²) >= 11 is 0. The third kappa shape index (κ3) is 2.97. The van der Waals surface area contributed by atoms with E-state index in [9.17, 15) is 8.42 Å². The molecule has 2 rings (SSSR count). The number of nitrogens with zero attached hydrogens (tertiary/aromatic N) is 1. The van der Waals surface area contributed by atoms with Crippen LogP contribution in [0.5, 0.6) is 0 Å². The number of hydrogen-bond acceptors (Lipinski definition) is 4. The molecule has 0 aliphatic carbocycles. The van der Waals surface area contributed by atoms with Gasteiger partial charge in [0, 0.05) is 6.20 Å². The fraction of sp³-hybridized carbons (Fsp3) is 0.214. The molecule has 1 heterocycles. The first-order chi connectivity index (χ1) is 9.44. The Morgan fingerprint density at radius 2 is 1.95 bits per heavy atom. The number of aliphatic hydroxyl groups is 1. The van der Waals surface area contributed by atoms with Crippen LogP contribution in [0, 0.1) is 13.8 Å². The first kappa shape index (κ1) is 14.5. The van der Waals surface area contributed by atoms with Gasteiger partial charge in [0.15, 0.2) is 0 Å². The van der Waals surface area contributed by atoms with Crippen molar-refractivity contribution in [3.8, 4) is 0 Å². The van der Waals surface area contributed by atoms with Crippen molar-refractivity contribution >= 4 is 15.7 Å². The van der Waals surface area contributed by atoms with E-state index in [2.05, 4.69) is 9.71 Å². The van der Waals surface area contributed by atoms with Crippen LogP contribution in [0.3, 0.4) is 0 Å². The van der Waals surface area contributed by atoms with Crippen molar-refractivity contribution in [2.75, 3.05) is 4.72 Å². The Hall–Kier alpha value is -1.92. The second-order valence-electron chi connectivity index (χ2n) is 4.55. The van der Waals surface area contributed by atoms with Gasteiger partial charge in [0.1, 0.15) is 0 Å². The van der Waals surface area contributed by atoms with Crippen LogP contribution in [0.2, 0.25) is 0 Å². The Bertz CT molecular complexity index is 727. The van der Waals surface area contributed by atoms with Gasteiger partial charge in [-0.1, -0.05) is 12.1 Å². The van der Waals surface area contributed by atoms with Gasteiger partial charge >= 0.3 is 0 Å². The van der Waals surface area contributed by atoms with E-state index in [4.69, 9.17) is 5.11 Å². The van der Waals surface area contributed by atoms with Crippen LogP contribution in [0.25, 0.3) is 0 Å². The van der Waals surface area contributed by atoms with Gasteiger partial charge in [0.05, 0.1) is 23.4 Å². The highest BCUT2D eigenvalue weighted by Gasteiger charge is 2.18. The van der Waals surface area contributed by atoms with Gasteiger partial charge in [-0.2, -0.15) is 0 Å². The van der Waals surface area contributed by atoms with E-state index >= 15 is 0 Å². The normalized spacial score (nSPS) is 11.3. The number of sulfonamides is 1. The minimum Gasteiger partial charge on any atom is -0.392 e. The standard InChI is InChI=1S/C14H16N2O3S/c1-10-5-6-15-8-13(10)16-20(18,19)14-7-12(9-17)4-3-11(14)2/h3-8,16-17H,9H2,1-2H3. The number of hydrogen-bond donors (Lipinski definition) is 2. The molecule has 0 atom stereocenters. The van der Waals surface area contributed by atoms with Gasteiger partial charge in [0.2, 0.25) is 0 Å². The van der Waals surface area contributed by atoms with E-state index in [-0.39, 0.29) is 11.5 Å². The van der Waals surface area contributed by atoms with Crippen LogP contribution in [0.1, 0.15) is 16.7 Å². The Kier molecular flexibility index (Phi) is 4.06. The Labute approximate surface area is 118 Å². The molecule has 20 heavy (non-hydrogen) atoms. The molecule has 0 radical (unpaired) electrons. The van der Waals surface area contributed by atoms with Gasteiger partial charge in [-0.05, 0) is 42.7 Å². The summed E-state index contributed by atoms with van der Waals surface area (Å²) in [6.07, 6.45) is 3.07. The summed E-state index contributed by atoms with van der Waals surface area (Å²) in [4.78, 5) is 4.07. The molecule has 0 bridgehead atoms. The smallest absolute Gasteiger partial charge is 0.262 e. The lowest BCUT2D eigenvalue weighted by Gasteiger charge is -2.12. The molecule has 1 aromatic heterocycles. The van der Waals surface area contributed by atoms with Crippen LogP contribution < -0.4 is 4.72 Å². The fourth-order valence-electron chi connectivity index (χ4n) is 1.80. The number of anilines is 1. The van der Waals surface area contributed by atoms with Crippen LogP contribution in [-0.4, -0.2) is 18.5 Å². The quantitative estimate of drug-likeness (QED) is 0.903. The summed E-state index contributed by atoms with van der Waals surface area (Å²) in [5, 5.41) is 9.13. The highest BCUT2D eigenvalue weighted by molar-refractivity contribution is 7.92. The topological polar surface area (TPSA) is 79.3 Å². The summed E-state index contributed by atoms with van der Waals surface area (Å²) in [6.45, 7) is 3.32. The molecule has 0 fully saturated rings. The van der Waals surface area contributed by atoms with Gasteiger partial charge in [-0.25, -0.2) is 8.42 Å². The first-order valence-electron chi connectivity index (χ1n) is 6.08. The maximum absolute atomic E-state index is 12.4. The molecule has 0 aliphatic rings. The Morgan fingerprint density at radius 3 is 2.60 bits per heavy atom. The molecule has 6 heteroatoms. The summed E-state index contributed by atoms with van der Waals surface area (Å²) in [6, 6.07) is 6.58. The number of aliphatic hydroxyl groups excluding tert-OH is 1. The molecule has 5 nitrogen and oxygen atoms in total. The van der Waals surface area contributed by atoms with Crippen molar-refractivity contribution in [2.45, 2.75) is 25.3 Å². The number of pyridine rings is 1. The van der Waals surface area contributed by atoms with E-state index in [1.54, 1.807) is 38.2 Å². The zero-order valence-corrected chi connectivity index (χ0v) is 12.1. The van der Waals surface area contributed by atoms with Crippen molar-refractivity contribution < 1.29 is 13.5 Å². The Morgan fingerprint density at radius 1 is 1.20 bits per heavy atom. The lowest BCUT2D eigenvalue weighted by molar-refractivity contribution is 0.281. The first-order valence-corrected chi connectivity index (χ1v) is 7.56. The van der Waals surface area contributed by atoms with Gasteiger partial charge in [-0.3, -0.25) is 9.71 Å². The van der Waals surface area contributed by atoms with E-state index < -0.39 is 10.0 Å². The molecule has 0 aliphatic heterocycles. The summed E-state index contributed by atoms with van der Waals surface area (Å²) in [7, 11) is -3.70. The molecule has 0 unspecified atom stereocenters. The third-order valence-corrected chi connectivity index (χ3v) is 4.52. The number of aromatic nitrogens is 1. The minimum absolute atomic E-state index is 0.160. The van der Waals surface area contributed by atoms with E-state index in [0.717, 1.165) is 5.56 Å². The maximum atomic E-state index is 12.4. The lowest BCUT2D eigenvalue weighted by atomic mass is 10.2. The number of rotatable bonds is 4. The molecule has 0 saturated carbocycles. The average molecular weight is 292 g/mol. The summed E-state index contributed by atoms with van der Waals surface area (Å²) in [5.41, 5.74) is 2.41. The molecule has 2 aromatic rings. The van der Waals surface area contributed by atoms with Crippen molar-refractivity contribution in [1.29, 1.82) is 0 Å². The predicted molar refractivity (Wildman–Crippen MR) is 76.9 cm³/mol. The van der Waals surface area contributed by atoms with Gasteiger partial charge in [0.25, 0.3) is 10.0 Å². The molecule has 0 saturated heterocycles. The zero-order valence-electron chi connectivity index (χ0n) is 11.3. The van der Waals surface area contributed by atoms with Crippen LogP contribution in [-0.2, 0) is 16.6 Å². The van der Waals surface area contributed by atoms with Crippen molar-refractivity contribution in [1.82, 2.24) is 4.98 Å². The molecule has 1 aromatic carbocycles. The minimum atomic E-state index is -3.70. The average Bonchev–Trinajstić information content (AvgIpc) is 2.41. The summed E-state index contributed by atoms with van der Waals surface area (Å²) in [5.74, 6) is 0. The Balaban J connectivity index is 2.43. The van der Waals surface area contributed by atoms with Crippen LogP contribution in [0.4, 0.5) is 5.69 Å². The highest BCUT2D eigenvalue weighted by Crippen LogP contribution is 2.22. The molecule has 2 N–H and O–H groups in total. The monoisotopic (exact) mass is 292 g/mol. The van der Waals surface area contributed by atoms with Crippen molar-refractivity contribution in [3.63, 3.8) is 0 Å². The van der Waals surface area contributed by atoms with E-state index in [0.29, 0.717) is 16.8 Å². The van der Waals surface area contributed by atoms with Gasteiger partial charge in [-0.15, -0.1) is 0 Å². The number of aryl methyl sites for hydroxylation is 2. The van der Waals surface area contributed by atoms with Crippen molar-refractivity contribution in [3.05, 3.63) is 53.3 Å². The summed E-state index contributed by atoms with van der Waals surface area (Å²) < 4.78 is 27.4. The largest absolute Gasteiger partial charge is 0.392 e. The highest BCUT2D eigenvalue weighted by atomic mass is 32.2. The van der Waals surface area contributed by atoms with Crippen LogP contribution >= 0.6 is 0 Å².